The number of nitrogens with one attached hydrogen (secondary N) is 1. The molecule has 0 rings (SSSR count). The monoisotopic (exact) mass is 111 g/mol. The molecule has 0 radical (unpaired) electrons. The highest BCUT2D eigenvalue weighted by molar-refractivity contribution is 5.86. The van der Waals surface area contributed by atoms with E-state index < -0.39 is 0 Å². The van der Waals surface area contributed by atoms with Gasteiger partial charge >= 0.3 is 0 Å². The van der Waals surface area contributed by atoms with E-state index in [-0.39, 0.29) is 5.91 Å². The average molecular weight is 111 g/mol. The molecule has 0 aromatic rings. The minimum atomic E-state index is -0.162. The summed E-state index contributed by atoms with van der Waals surface area (Å²) in [5.41, 5.74) is 0. The summed E-state index contributed by atoms with van der Waals surface area (Å²) < 4.78 is 0. The summed E-state index contributed by atoms with van der Waals surface area (Å²) in [4.78, 5) is 10.3. The van der Waals surface area contributed by atoms with Crippen LogP contribution in [0.15, 0.2) is 25.3 Å². The van der Waals surface area contributed by atoms with Crippen molar-refractivity contribution in [2.75, 3.05) is 6.54 Å². The minimum absolute atomic E-state index is 0.162. The maximum Gasteiger partial charge on any atom is 0.243 e. The fraction of sp³-hybridized carbons (Fsp3) is 0.167. The van der Waals surface area contributed by atoms with Crippen LogP contribution >= 0.6 is 0 Å². The standard InChI is InChI=1S/C6H9NO/c1-3-5-7-6(8)4-2/h3-4H,1-2,5H2,(H,7,8). The number of carbonyl (C=O) groups is 1. The van der Waals surface area contributed by atoms with Gasteiger partial charge in [-0.05, 0) is 6.08 Å². The Hall–Kier alpha value is -1.05. The molecule has 0 fully saturated rings. The lowest BCUT2D eigenvalue weighted by Crippen LogP contribution is -2.19. The average Bonchev–Trinajstić information content (AvgIpc) is 1.83. The van der Waals surface area contributed by atoms with E-state index in [2.05, 4.69) is 18.5 Å². The molecule has 0 aromatic carbocycles. The molecule has 0 aromatic heterocycles. The van der Waals surface area contributed by atoms with Gasteiger partial charge in [0.2, 0.25) is 5.91 Å². The molecule has 0 aliphatic carbocycles. The van der Waals surface area contributed by atoms with Crippen LogP contribution in [0.2, 0.25) is 0 Å². The van der Waals surface area contributed by atoms with E-state index in [4.69, 9.17) is 0 Å². The van der Waals surface area contributed by atoms with Crippen molar-refractivity contribution >= 4 is 5.91 Å². The predicted octanol–water partition coefficient (Wildman–Crippen LogP) is 0.475. The van der Waals surface area contributed by atoms with Crippen LogP contribution in [0.3, 0.4) is 0 Å². The SMILES string of the molecule is C=CCNC(=O)C=C. The predicted molar refractivity (Wildman–Crippen MR) is 33.4 cm³/mol. The van der Waals surface area contributed by atoms with E-state index in [0.29, 0.717) is 6.54 Å². The number of hydrogen-bond acceptors (Lipinski definition) is 1. The van der Waals surface area contributed by atoms with E-state index in [9.17, 15) is 4.79 Å². The molecule has 0 atom stereocenters. The van der Waals surface area contributed by atoms with Crippen LogP contribution in [0.1, 0.15) is 0 Å². The zero-order valence-electron chi connectivity index (χ0n) is 4.68. The third-order valence-electron chi connectivity index (χ3n) is 0.606. The van der Waals surface area contributed by atoms with Gasteiger partial charge in [0, 0.05) is 6.54 Å². The van der Waals surface area contributed by atoms with Gasteiger partial charge in [0.1, 0.15) is 0 Å². The maximum absolute atomic E-state index is 10.3. The lowest BCUT2D eigenvalue weighted by atomic mass is 10.5. The van der Waals surface area contributed by atoms with Gasteiger partial charge in [0.05, 0.1) is 0 Å². The van der Waals surface area contributed by atoms with Crippen molar-refractivity contribution in [1.29, 1.82) is 0 Å². The molecular weight excluding hydrogens is 102 g/mol. The second-order valence-electron chi connectivity index (χ2n) is 1.24. The quantitative estimate of drug-likeness (QED) is 0.416. The van der Waals surface area contributed by atoms with Gasteiger partial charge in [-0.15, -0.1) is 6.58 Å². The zero-order valence-corrected chi connectivity index (χ0v) is 4.68. The molecule has 2 heteroatoms. The van der Waals surface area contributed by atoms with Crippen LogP contribution in [0.4, 0.5) is 0 Å². The van der Waals surface area contributed by atoms with Crippen LogP contribution in [-0.2, 0) is 4.79 Å². The summed E-state index contributed by atoms with van der Waals surface area (Å²) in [6.07, 6.45) is 2.84. The van der Waals surface area contributed by atoms with Crippen LogP contribution < -0.4 is 5.32 Å². The lowest BCUT2D eigenvalue weighted by molar-refractivity contribution is -0.116. The summed E-state index contributed by atoms with van der Waals surface area (Å²) >= 11 is 0. The second-order valence-corrected chi connectivity index (χ2v) is 1.24. The molecule has 2 nitrogen and oxygen atoms in total. The number of carbonyl (C=O) groups excluding carboxylic acids is 1. The normalized spacial score (nSPS) is 7.50. The fourth-order valence-electron chi connectivity index (χ4n) is 0.245. The summed E-state index contributed by atoms with van der Waals surface area (Å²) in [6, 6.07) is 0. The van der Waals surface area contributed by atoms with Gasteiger partial charge in [-0.3, -0.25) is 4.79 Å². The Labute approximate surface area is 48.9 Å². The van der Waals surface area contributed by atoms with E-state index >= 15 is 0 Å². The molecule has 1 amide bonds. The van der Waals surface area contributed by atoms with E-state index in [1.54, 1.807) is 6.08 Å². The van der Waals surface area contributed by atoms with Gasteiger partial charge in [-0.2, -0.15) is 0 Å². The lowest BCUT2D eigenvalue weighted by Gasteiger charge is -1.91. The van der Waals surface area contributed by atoms with E-state index in [1.165, 1.54) is 6.08 Å². The third-order valence-corrected chi connectivity index (χ3v) is 0.606. The zero-order chi connectivity index (χ0) is 6.41. The van der Waals surface area contributed by atoms with Crippen molar-refractivity contribution in [2.45, 2.75) is 0 Å². The summed E-state index contributed by atoms with van der Waals surface area (Å²) in [6.45, 7) is 7.19. The molecule has 0 spiro atoms. The summed E-state index contributed by atoms with van der Waals surface area (Å²) in [5, 5.41) is 2.51. The Morgan fingerprint density at radius 2 is 2.25 bits per heavy atom. The van der Waals surface area contributed by atoms with Crippen LogP contribution in [0, 0.1) is 0 Å². The molecule has 8 heavy (non-hydrogen) atoms. The summed E-state index contributed by atoms with van der Waals surface area (Å²) in [7, 11) is 0. The van der Waals surface area contributed by atoms with Crippen LogP contribution in [0.25, 0.3) is 0 Å². The van der Waals surface area contributed by atoms with Gasteiger partial charge < -0.3 is 5.32 Å². The van der Waals surface area contributed by atoms with Gasteiger partial charge in [-0.25, -0.2) is 0 Å². The molecule has 0 saturated carbocycles. The number of hydrogen-bond donors (Lipinski definition) is 1. The van der Waals surface area contributed by atoms with Crippen molar-refractivity contribution in [1.82, 2.24) is 5.32 Å². The maximum atomic E-state index is 10.3. The van der Waals surface area contributed by atoms with Crippen LogP contribution in [-0.4, -0.2) is 12.5 Å². The van der Waals surface area contributed by atoms with Gasteiger partial charge in [0.25, 0.3) is 0 Å². The van der Waals surface area contributed by atoms with Gasteiger partial charge in [0.15, 0.2) is 0 Å². The highest BCUT2D eigenvalue weighted by Gasteiger charge is 1.85. The van der Waals surface area contributed by atoms with Gasteiger partial charge in [-0.1, -0.05) is 12.7 Å². The smallest absolute Gasteiger partial charge is 0.243 e. The molecule has 0 aliphatic heterocycles. The fourth-order valence-corrected chi connectivity index (χ4v) is 0.245. The first kappa shape index (κ1) is 6.95. The molecule has 44 valence electrons. The van der Waals surface area contributed by atoms with Crippen molar-refractivity contribution in [3.05, 3.63) is 25.3 Å². The topological polar surface area (TPSA) is 29.1 Å². The Kier molecular flexibility index (Phi) is 3.58. The summed E-state index contributed by atoms with van der Waals surface area (Å²) in [5.74, 6) is -0.162. The Morgan fingerprint density at radius 1 is 1.62 bits per heavy atom. The minimum Gasteiger partial charge on any atom is -0.349 e. The Bertz CT molecular complexity index is 107. The molecule has 0 heterocycles. The Morgan fingerprint density at radius 3 is 2.62 bits per heavy atom. The molecule has 0 unspecified atom stereocenters. The molecule has 1 N–H and O–H groups in total. The first-order chi connectivity index (χ1) is 3.81. The second kappa shape index (κ2) is 4.12. The van der Waals surface area contributed by atoms with Crippen molar-refractivity contribution in [3.63, 3.8) is 0 Å². The van der Waals surface area contributed by atoms with Crippen LogP contribution in [0.5, 0.6) is 0 Å². The molecule has 0 aliphatic rings. The molecule has 0 saturated heterocycles. The Balaban J connectivity index is 3.24. The van der Waals surface area contributed by atoms with Crippen molar-refractivity contribution in [2.24, 2.45) is 0 Å². The van der Waals surface area contributed by atoms with Crippen molar-refractivity contribution in [3.8, 4) is 0 Å². The highest BCUT2D eigenvalue weighted by Crippen LogP contribution is 1.64. The van der Waals surface area contributed by atoms with E-state index in [1.807, 2.05) is 0 Å². The first-order valence-electron chi connectivity index (χ1n) is 2.32. The van der Waals surface area contributed by atoms with Crippen molar-refractivity contribution < 1.29 is 4.79 Å². The van der Waals surface area contributed by atoms with E-state index in [0.717, 1.165) is 0 Å². The number of amides is 1. The first-order valence-corrected chi connectivity index (χ1v) is 2.32. The molecule has 0 bridgehead atoms. The molecular formula is C6H9NO. The highest BCUT2D eigenvalue weighted by atomic mass is 16.1. The largest absolute Gasteiger partial charge is 0.349 e. The third kappa shape index (κ3) is 3.15. The number of rotatable bonds is 3.